The molecule has 0 saturated carbocycles. The number of rotatable bonds is 5. The van der Waals surface area contributed by atoms with Crippen LogP contribution in [0.1, 0.15) is 26.2 Å². The van der Waals surface area contributed by atoms with Crippen molar-refractivity contribution in [1.82, 2.24) is 4.90 Å². The number of halogens is 1. The Balaban J connectivity index is 2.43. The Morgan fingerprint density at radius 1 is 1.59 bits per heavy atom. The average Bonchev–Trinajstić information content (AvgIpc) is 2.69. The summed E-state index contributed by atoms with van der Waals surface area (Å²) in [7, 11) is 1.56. The monoisotopic (exact) mass is 247 g/mol. The summed E-state index contributed by atoms with van der Waals surface area (Å²) in [4.78, 5) is 23.6. The number of aliphatic carboxylic acids is 1. The van der Waals surface area contributed by atoms with E-state index >= 15 is 0 Å². The summed E-state index contributed by atoms with van der Waals surface area (Å²) in [6.07, 6.45) is 0.646. The maximum atomic E-state index is 13.7. The van der Waals surface area contributed by atoms with Crippen molar-refractivity contribution in [3.8, 4) is 0 Å². The highest BCUT2D eigenvalue weighted by molar-refractivity contribution is 5.82. The van der Waals surface area contributed by atoms with E-state index in [2.05, 4.69) is 0 Å². The van der Waals surface area contributed by atoms with Gasteiger partial charge in [-0.2, -0.15) is 0 Å². The van der Waals surface area contributed by atoms with Gasteiger partial charge in [-0.1, -0.05) is 0 Å². The number of alkyl halides is 1. The Bertz CT molecular complexity index is 310. The fourth-order valence-corrected chi connectivity index (χ4v) is 1.76. The normalized spacial score (nSPS) is 25.9. The minimum Gasteiger partial charge on any atom is -0.479 e. The molecule has 0 bridgehead atoms. The molecule has 17 heavy (non-hydrogen) atoms. The Hall–Kier alpha value is -1.17. The third kappa shape index (κ3) is 3.39. The molecule has 1 aliphatic heterocycles. The zero-order valence-corrected chi connectivity index (χ0v) is 10.1. The molecule has 5 nitrogen and oxygen atoms in total. The molecule has 2 unspecified atom stereocenters. The summed E-state index contributed by atoms with van der Waals surface area (Å²) >= 11 is 0. The zero-order valence-electron chi connectivity index (χ0n) is 10.1. The minimum absolute atomic E-state index is 0.0313. The molecule has 1 aliphatic rings. The van der Waals surface area contributed by atoms with Crippen LogP contribution in [0.2, 0.25) is 0 Å². The molecular weight excluding hydrogens is 229 g/mol. The number of likely N-dealkylation sites (tertiary alicyclic amines) is 1. The fourth-order valence-electron chi connectivity index (χ4n) is 1.76. The van der Waals surface area contributed by atoms with Crippen molar-refractivity contribution in [2.75, 3.05) is 20.2 Å². The SMILES string of the molecule is COC(C)CCC(=O)N1CCC(F)(C(=O)O)C1. The molecule has 1 N–H and O–H groups in total. The van der Waals surface area contributed by atoms with Crippen LogP contribution in [0.5, 0.6) is 0 Å². The third-order valence-corrected chi connectivity index (χ3v) is 3.12. The van der Waals surface area contributed by atoms with Crippen LogP contribution in [0.25, 0.3) is 0 Å². The molecule has 1 saturated heterocycles. The molecule has 6 heteroatoms. The van der Waals surface area contributed by atoms with E-state index < -0.39 is 11.6 Å². The van der Waals surface area contributed by atoms with Crippen LogP contribution in [-0.4, -0.2) is 53.9 Å². The van der Waals surface area contributed by atoms with Gasteiger partial charge in [0.2, 0.25) is 11.6 Å². The van der Waals surface area contributed by atoms with Crippen LogP contribution in [0.15, 0.2) is 0 Å². The number of ether oxygens (including phenoxy) is 1. The van der Waals surface area contributed by atoms with E-state index in [0.29, 0.717) is 6.42 Å². The zero-order chi connectivity index (χ0) is 13.1. The number of nitrogens with zero attached hydrogens (tertiary/aromatic N) is 1. The maximum absolute atomic E-state index is 13.7. The van der Waals surface area contributed by atoms with Crippen molar-refractivity contribution in [2.24, 2.45) is 0 Å². The van der Waals surface area contributed by atoms with Gasteiger partial charge in [-0.05, 0) is 13.3 Å². The number of hydrogen-bond donors (Lipinski definition) is 1. The van der Waals surface area contributed by atoms with Gasteiger partial charge in [-0.25, -0.2) is 9.18 Å². The van der Waals surface area contributed by atoms with Crippen LogP contribution in [0.4, 0.5) is 4.39 Å². The lowest BCUT2D eigenvalue weighted by Crippen LogP contribution is -2.39. The summed E-state index contributed by atoms with van der Waals surface area (Å²) in [6, 6.07) is 0. The maximum Gasteiger partial charge on any atom is 0.343 e. The Kier molecular flexibility index (Phi) is 4.45. The van der Waals surface area contributed by atoms with E-state index in [9.17, 15) is 14.0 Å². The van der Waals surface area contributed by atoms with Gasteiger partial charge in [0.05, 0.1) is 12.6 Å². The molecule has 1 rings (SSSR count). The standard InChI is InChI=1S/C11H18FNO4/c1-8(17-2)3-4-9(14)13-6-5-11(12,7-13)10(15)16/h8H,3-7H2,1-2H3,(H,15,16). The molecule has 0 aromatic rings. The van der Waals surface area contributed by atoms with E-state index in [0.717, 1.165) is 0 Å². The van der Waals surface area contributed by atoms with E-state index in [1.165, 1.54) is 4.90 Å². The molecule has 2 atom stereocenters. The topological polar surface area (TPSA) is 66.8 Å². The van der Waals surface area contributed by atoms with E-state index in [1.54, 1.807) is 7.11 Å². The molecule has 1 fully saturated rings. The largest absolute Gasteiger partial charge is 0.479 e. The van der Waals surface area contributed by atoms with Crippen LogP contribution in [0.3, 0.4) is 0 Å². The summed E-state index contributed by atoms with van der Waals surface area (Å²) in [5.74, 6) is -1.70. The number of carboxylic acid groups (broad SMARTS) is 1. The Labute approximate surface area is 99.5 Å². The van der Waals surface area contributed by atoms with Gasteiger partial charge >= 0.3 is 5.97 Å². The molecule has 98 valence electrons. The van der Waals surface area contributed by atoms with E-state index in [1.807, 2.05) is 6.92 Å². The predicted octanol–water partition coefficient (Wildman–Crippen LogP) is 0.827. The van der Waals surface area contributed by atoms with Crippen LogP contribution in [-0.2, 0) is 14.3 Å². The second-order valence-corrected chi connectivity index (χ2v) is 4.42. The quantitative estimate of drug-likeness (QED) is 0.781. The lowest BCUT2D eigenvalue weighted by Gasteiger charge is -2.18. The van der Waals surface area contributed by atoms with Gasteiger partial charge < -0.3 is 14.7 Å². The summed E-state index contributed by atoms with van der Waals surface area (Å²) in [5, 5.41) is 8.70. The molecule has 0 aliphatic carbocycles. The first kappa shape index (κ1) is 13.9. The fraction of sp³-hybridized carbons (Fsp3) is 0.818. The lowest BCUT2D eigenvalue weighted by molar-refractivity contribution is -0.150. The van der Waals surface area contributed by atoms with Crippen molar-refractivity contribution < 1.29 is 23.8 Å². The lowest BCUT2D eigenvalue weighted by atomic mass is 10.1. The highest BCUT2D eigenvalue weighted by Crippen LogP contribution is 2.26. The van der Waals surface area contributed by atoms with Crippen LogP contribution >= 0.6 is 0 Å². The highest BCUT2D eigenvalue weighted by atomic mass is 19.1. The smallest absolute Gasteiger partial charge is 0.343 e. The second-order valence-electron chi connectivity index (χ2n) is 4.42. The number of amides is 1. The van der Waals surface area contributed by atoms with Crippen molar-refractivity contribution >= 4 is 11.9 Å². The molecular formula is C11H18FNO4. The number of carbonyl (C=O) groups is 2. The van der Waals surface area contributed by atoms with Crippen molar-refractivity contribution in [1.29, 1.82) is 0 Å². The first-order chi connectivity index (χ1) is 7.89. The van der Waals surface area contributed by atoms with Gasteiger partial charge in [-0.15, -0.1) is 0 Å². The van der Waals surface area contributed by atoms with E-state index in [4.69, 9.17) is 9.84 Å². The molecule has 0 aromatic carbocycles. The Morgan fingerprint density at radius 2 is 2.24 bits per heavy atom. The number of carbonyl (C=O) groups excluding carboxylic acids is 1. The van der Waals surface area contributed by atoms with Crippen LogP contribution < -0.4 is 0 Å². The molecule has 1 amide bonds. The molecule has 0 spiro atoms. The number of methoxy groups -OCH3 is 1. The summed E-state index contributed by atoms with van der Waals surface area (Å²) in [6.45, 7) is 1.67. The Morgan fingerprint density at radius 3 is 2.71 bits per heavy atom. The van der Waals surface area contributed by atoms with Gasteiger partial charge in [0, 0.05) is 26.5 Å². The molecule has 0 radical (unpaired) electrons. The van der Waals surface area contributed by atoms with Gasteiger partial charge in [-0.3, -0.25) is 4.79 Å². The summed E-state index contributed by atoms with van der Waals surface area (Å²) in [5.41, 5.74) is -2.28. The van der Waals surface area contributed by atoms with Gasteiger partial charge in [0.25, 0.3) is 0 Å². The van der Waals surface area contributed by atoms with E-state index in [-0.39, 0.29) is 37.9 Å². The second kappa shape index (κ2) is 5.44. The van der Waals surface area contributed by atoms with Gasteiger partial charge in [0.15, 0.2) is 0 Å². The van der Waals surface area contributed by atoms with Crippen LogP contribution in [0, 0.1) is 0 Å². The van der Waals surface area contributed by atoms with Crippen molar-refractivity contribution in [3.63, 3.8) is 0 Å². The predicted molar refractivity (Wildman–Crippen MR) is 58.4 cm³/mol. The molecule has 0 aromatic heterocycles. The van der Waals surface area contributed by atoms with Gasteiger partial charge in [0.1, 0.15) is 0 Å². The number of hydrogen-bond acceptors (Lipinski definition) is 3. The summed E-state index contributed by atoms with van der Waals surface area (Å²) < 4.78 is 18.7. The number of carboxylic acids is 1. The van der Waals surface area contributed by atoms with Crippen molar-refractivity contribution in [3.05, 3.63) is 0 Å². The average molecular weight is 247 g/mol. The highest BCUT2D eigenvalue weighted by Gasteiger charge is 2.46. The van der Waals surface area contributed by atoms with Crippen molar-refractivity contribution in [2.45, 2.75) is 38.0 Å². The first-order valence-electron chi connectivity index (χ1n) is 5.62. The first-order valence-corrected chi connectivity index (χ1v) is 5.62. The third-order valence-electron chi connectivity index (χ3n) is 3.12. The molecule has 1 heterocycles. The minimum atomic E-state index is -2.28.